The van der Waals surface area contributed by atoms with E-state index in [0.29, 0.717) is 0 Å². The van der Waals surface area contributed by atoms with Crippen molar-refractivity contribution < 1.29 is 21.1 Å². The molecule has 0 fully saturated rings. The molecule has 0 spiro atoms. The van der Waals surface area contributed by atoms with Gasteiger partial charge in [-0.05, 0) is 17.3 Å². The maximum atomic E-state index is 13.4. The minimum Gasteiger partial charge on any atom is -0.206 e. The summed E-state index contributed by atoms with van der Waals surface area (Å²) in [5, 5.41) is 10.4. The molecule has 0 N–H and O–H groups in total. The quantitative estimate of drug-likeness (QED) is 0.783. The molecule has 19 heavy (non-hydrogen) atoms. The van der Waals surface area contributed by atoms with Crippen LogP contribution in [0.1, 0.15) is 0 Å². The largest absolute Gasteiger partial charge is 0.304 e. The number of hydrogen-bond donors (Lipinski definition) is 0. The Kier molecular flexibility index (Phi) is 3.51. The zero-order valence-electron chi connectivity index (χ0n) is 9.29. The van der Waals surface area contributed by atoms with E-state index in [9.17, 15) is 21.1 Å². The Morgan fingerprint density at radius 1 is 1.21 bits per heavy atom. The summed E-state index contributed by atoms with van der Waals surface area (Å²) in [6.07, 6.45) is 0. The van der Waals surface area contributed by atoms with E-state index in [0.717, 1.165) is 16.9 Å². The summed E-state index contributed by atoms with van der Waals surface area (Å²) < 4.78 is 59.7. The second-order valence-electron chi connectivity index (χ2n) is 3.55. The lowest BCUT2D eigenvalue weighted by Crippen LogP contribution is -2.11. The first-order valence-corrected chi connectivity index (χ1v) is 6.56. The highest BCUT2D eigenvalue weighted by molar-refractivity contribution is 7.86. The van der Waals surface area contributed by atoms with Crippen LogP contribution in [0.15, 0.2) is 18.2 Å². The molecule has 1 aromatic heterocycles. The molecular formula is C9H7F3N4O2S. The van der Waals surface area contributed by atoms with Gasteiger partial charge in [0.15, 0.2) is 0 Å². The van der Waals surface area contributed by atoms with Crippen LogP contribution in [-0.4, -0.2) is 34.4 Å². The topological polar surface area (TPSA) is 77.7 Å². The van der Waals surface area contributed by atoms with E-state index in [1.54, 1.807) is 0 Å². The number of rotatable bonds is 4. The van der Waals surface area contributed by atoms with Gasteiger partial charge < -0.3 is 0 Å². The van der Waals surface area contributed by atoms with Gasteiger partial charge in [-0.15, -0.1) is 14.1 Å². The van der Waals surface area contributed by atoms with Crippen molar-refractivity contribution in [3.8, 4) is 11.4 Å². The van der Waals surface area contributed by atoms with Crippen LogP contribution in [0, 0.1) is 11.6 Å². The molecule has 0 amide bonds. The highest BCUT2D eigenvalue weighted by Gasteiger charge is 2.17. The van der Waals surface area contributed by atoms with Crippen molar-refractivity contribution >= 4 is 10.2 Å². The van der Waals surface area contributed by atoms with E-state index in [1.807, 2.05) is 0 Å². The van der Waals surface area contributed by atoms with Crippen LogP contribution in [0.4, 0.5) is 12.7 Å². The maximum Gasteiger partial charge on any atom is 0.304 e. The Balaban J connectivity index is 2.26. The summed E-state index contributed by atoms with van der Waals surface area (Å²) in [5.74, 6) is -2.94. The van der Waals surface area contributed by atoms with Gasteiger partial charge in [0, 0.05) is 0 Å². The molecule has 0 unspecified atom stereocenters. The van der Waals surface area contributed by atoms with E-state index in [2.05, 4.69) is 15.4 Å². The molecule has 1 heterocycles. The van der Waals surface area contributed by atoms with Crippen molar-refractivity contribution in [2.75, 3.05) is 5.75 Å². The molecule has 0 aliphatic carbocycles. The van der Waals surface area contributed by atoms with Crippen LogP contribution in [0.5, 0.6) is 0 Å². The Bertz CT molecular complexity index is 681. The molecule has 0 bridgehead atoms. The predicted octanol–water partition coefficient (Wildman–Crippen LogP) is 0.918. The smallest absolute Gasteiger partial charge is 0.206 e. The van der Waals surface area contributed by atoms with Gasteiger partial charge in [0.2, 0.25) is 5.82 Å². The monoisotopic (exact) mass is 292 g/mol. The first-order valence-electron chi connectivity index (χ1n) is 5.01. The summed E-state index contributed by atoms with van der Waals surface area (Å²) in [4.78, 5) is 0.748. The van der Waals surface area contributed by atoms with E-state index in [4.69, 9.17) is 0 Å². The molecule has 0 atom stereocenters. The molecule has 0 saturated heterocycles. The van der Waals surface area contributed by atoms with E-state index in [-0.39, 0.29) is 5.82 Å². The molecule has 0 aliphatic heterocycles. The molecule has 1 aromatic carbocycles. The van der Waals surface area contributed by atoms with Crippen molar-refractivity contribution in [2.45, 2.75) is 6.54 Å². The van der Waals surface area contributed by atoms with Gasteiger partial charge in [-0.3, -0.25) is 0 Å². The van der Waals surface area contributed by atoms with Crippen molar-refractivity contribution in [2.24, 2.45) is 0 Å². The molecule has 2 aromatic rings. The van der Waals surface area contributed by atoms with Gasteiger partial charge in [-0.1, -0.05) is 6.07 Å². The number of hydrogen-bond acceptors (Lipinski definition) is 5. The number of nitrogens with zero attached hydrogens (tertiary/aromatic N) is 4. The zero-order chi connectivity index (χ0) is 14.0. The van der Waals surface area contributed by atoms with Gasteiger partial charge >= 0.3 is 10.2 Å². The molecule has 2 rings (SSSR count). The highest BCUT2D eigenvalue weighted by Crippen LogP contribution is 2.21. The fourth-order valence-corrected chi connectivity index (χ4v) is 1.72. The van der Waals surface area contributed by atoms with Gasteiger partial charge in [-0.2, -0.15) is 13.2 Å². The molecule has 6 nitrogen and oxygen atoms in total. The van der Waals surface area contributed by atoms with Gasteiger partial charge in [0.05, 0.1) is 12.1 Å². The number of tetrazole rings is 1. The van der Waals surface area contributed by atoms with Crippen molar-refractivity contribution in [1.82, 2.24) is 20.2 Å². The minimum absolute atomic E-state index is 0.341. The SMILES string of the molecule is O=S(=O)(F)CCn1nnc(-c2c(F)cccc2F)n1. The second-order valence-corrected chi connectivity index (χ2v) is 5.03. The number of benzene rings is 1. The molecule has 102 valence electrons. The summed E-state index contributed by atoms with van der Waals surface area (Å²) in [6, 6.07) is 3.21. The minimum atomic E-state index is -4.67. The number of aryl methyl sites for hydroxylation is 1. The highest BCUT2D eigenvalue weighted by atomic mass is 32.3. The Morgan fingerprint density at radius 3 is 2.42 bits per heavy atom. The molecule has 10 heteroatoms. The lowest BCUT2D eigenvalue weighted by atomic mass is 10.2. The summed E-state index contributed by atoms with van der Waals surface area (Å²) in [5.41, 5.74) is -0.475. The summed E-state index contributed by atoms with van der Waals surface area (Å²) >= 11 is 0. The molecule has 0 saturated carbocycles. The van der Waals surface area contributed by atoms with Crippen LogP contribution in [0.25, 0.3) is 11.4 Å². The summed E-state index contributed by atoms with van der Waals surface area (Å²) in [7, 11) is -4.67. The third-order valence-electron chi connectivity index (χ3n) is 2.17. The van der Waals surface area contributed by atoms with Gasteiger partial charge in [-0.25, -0.2) is 8.78 Å². The van der Waals surface area contributed by atoms with Crippen LogP contribution < -0.4 is 0 Å². The second kappa shape index (κ2) is 4.96. The van der Waals surface area contributed by atoms with Crippen LogP contribution >= 0.6 is 0 Å². The van der Waals surface area contributed by atoms with E-state index < -0.39 is 39.7 Å². The Hall–Kier alpha value is -1.97. The van der Waals surface area contributed by atoms with Crippen LogP contribution in [0.3, 0.4) is 0 Å². The van der Waals surface area contributed by atoms with Crippen LogP contribution in [0.2, 0.25) is 0 Å². The van der Waals surface area contributed by atoms with Crippen LogP contribution in [-0.2, 0) is 16.8 Å². The maximum absolute atomic E-state index is 13.4. The predicted molar refractivity (Wildman–Crippen MR) is 58.1 cm³/mol. The van der Waals surface area contributed by atoms with Crippen molar-refractivity contribution in [1.29, 1.82) is 0 Å². The van der Waals surface area contributed by atoms with Crippen molar-refractivity contribution in [3.05, 3.63) is 29.8 Å². The normalized spacial score (nSPS) is 11.7. The lowest BCUT2D eigenvalue weighted by molar-refractivity contribution is 0.516. The fourth-order valence-electron chi connectivity index (χ4n) is 1.34. The fraction of sp³-hybridized carbons (Fsp3) is 0.222. The molecular weight excluding hydrogens is 285 g/mol. The average Bonchev–Trinajstić information content (AvgIpc) is 2.74. The molecule has 0 aliphatic rings. The number of halogens is 3. The standard InChI is InChI=1S/C9H7F3N4O2S/c10-6-2-1-3-7(11)8(6)9-13-15-16(14-9)4-5-19(12,17)18/h1-3H,4-5H2. The van der Waals surface area contributed by atoms with Gasteiger partial charge in [0.1, 0.15) is 17.4 Å². The first kappa shape index (κ1) is 13.5. The zero-order valence-corrected chi connectivity index (χ0v) is 10.1. The summed E-state index contributed by atoms with van der Waals surface area (Å²) in [6.45, 7) is -0.401. The van der Waals surface area contributed by atoms with Gasteiger partial charge in [0.25, 0.3) is 0 Å². The Labute approximate surface area is 106 Å². The average molecular weight is 292 g/mol. The number of aromatic nitrogens is 4. The Morgan fingerprint density at radius 2 is 1.84 bits per heavy atom. The lowest BCUT2D eigenvalue weighted by Gasteiger charge is -1.98. The first-order chi connectivity index (χ1) is 8.87. The van der Waals surface area contributed by atoms with Crippen molar-refractivity contribution in [3.63, 3.8) is 0 Å². The molecule has 0 radical (unpaired) electrons. The third-order valence-corrected chi connectivity index (χ3v) is 2.84. The van der Waals surface area contributed by atoms with E-state index in [1.165, 1.54) is 6.07 Å². The third kappa shape index (κ3) is 3.28. The van der Waals surface area contributed by atoms with E-state index >= 15 is 0 Å².